The molecule has 0 bridgehead atoms. The third kappa shape index (κ3) is 5.01. The van der Waals surface area contributed by atoms with Crippen LogP contribution >= 0.6 is 0 Å². The van der Waals surface area contributed by atoms with Gasteiger partial charge < -0.3 is 25.2 Å². The monoisotopic (exact) mass is 320 g/mol. The predicted octanol–water partition coefficient (Wildman–Crippen LogP) is 2.13. The molecule has 0 atom stereocenters. The minimum atomic E-state index is 0.698. The van der Waals surface area contributed by atoms with E-state index in [1.54, 1.807) is 7.11 Å². The first-order chi connectivity index (χ1) is 11.0. The van der Waals surface area contributed by atoms with Crippen molar-refractivity contribution in [3.63, 3.8) is 0 Å². The molecule has 0 amide bonds. The number of ether oxygens (including phenoxy) is 1. The van der Waals surface area contributed by atoms with E-state index < -0.39 is 0 Å². The summed E-state index contributed by atoms with van der Waals surface area (Å²) in [4.78, 5) is 7.22. The molecular weight excluding hydrogens is 288 g/mol. The van der Waals surface area contributed by atoms with Crippen LogP contribution in [-0.4, -0.2) is 70.3 Å². The summed E-state index contributed by atoms with van der Waals surface area (Å²) >= 11 is 0. The van der Waals surface area contributed by atoms with Crippen LogP contribution in [0.15, 0.2) is 18.2 Å². The summed E-state index contributed by atoms with van der Waals surface area (Å²) in [5.41, 5.74) is 7.82. The van der Waals surface area contributed by atoms with Crippen LogP contribution in [0.2, 0.25) is 0 Å². The Hall–Kier alpha value is -1.46. The van der Waals surface area contributed by atoms with Crippen molar-refractivity contribution >= 4 is 11.4 Å². The Morgan fingerprint density at radius 1 is 1.17 bits per heavy atom. The van der Waals surface area contributed by atoms with Gasteiger partial charge in [0.05, 0.1) is 12.8 Å². The Morgan fingerprint density at radius 2 is 1.87 bits per heavy atom. The van der Waals surface area contributed by atoms with Crippen molar-refractivity contribution in [1.82, 2.24) is 9.80 Å². The average molecular weight is 320 g/mol. The van der Waals surface area contributed by atoms with Gasteiger partial charge >= 0.3 is 0 Å². The van der Waals surface area contributed by atoms with Gasteiger partial charge in [-0.05, 0) is 65.6 Å². The van der Waals surface area contributed by atoms with Crippen LogP contribution in [0, 0.1) is 0 Å². The van der Waals surface area contributed by atoms with E-state index in [1.807, 2.05) is 6.07 Å². The molecule has 2 rings (SSSR count). The highest BCUT2D eigenvalue weighted by molar-refractivity contribution is 5.62. The van der Waals surface area contributed by atoms with Gasteiger partial charge in [-0.1, -0.05) is 0 Å². The average Bonchev–Trinajstić information content (AvgIpc) is 2.55. The number of rotatable bonds is 7. The molecule has 23 heavy (non-hydrogen) atoms. The molecule has 1 aliphatic rings. The van der Waals surface area contributed by atoms with E-state index in [0.29, 0.717) is 11.7 Å². The Morgan fingerprint density at radius 3 is 2.48 bits per heavy atom. The lowest BCUT2D eigenvalue weighted by molar-refractivity contribution is 0.199. The number of methoxy groups -OCH3 is 1. The van der Waals surface area contributed by atoms with E-state index in [0.717, 1.165) is 25.4 Å². The molecule has 0 aliphatic carbocycles. The number of hydrogen-bond donors (Lipinski definition) is 1. The van der Waals surface area contributed by atoms with Gasteiger partial charge in [-0.25, -0.2) is 0 Å². The molecule has 1 aromatic carbocycles. The summed E-state index contributed by atoms with van der Waals surface area (Å²) in [5.74, 6) is 0.769. The molecule has 2 N–H and O–H groups in total. The van der Waals surface area contributed by atoms with Crippen molar-refractivity contribution in [2.45, 2.75) is 25.3 Å². The largest absolute Gasteiger partial charge is 0.495 e. The van der Waals surface area contributed by atoms with E-state index in [1.165, 1.54) is 31.5 Å². The lowest BCUT2D eigenvalue weighted by Crippen LogP contribution is -2.44. The van der Waals surface area contributed by atoms with Crippen molar-refractivity contribution in [2.75, 3.05) is 65.1 Å². The van der Waals surface area contributed by atoms with Gasteiger partial charge in [0, 0.05) is 30.9 Å². The fraction of sp³-hybridized carbons (Fsp3) is 0.667. The maximum Gasteiger partial charge on any atom is 0.143 e. The van der Waals surface area contributed by atoms with E-state index in [9.17, 15) is 0 Å². The summed E-state index contributed by atoms with van der Waals surface area (Å²) < 4.78 is 5.34. The Bertz CT molecular complexity index is 484. The maximum absolute atomic E-state index is 5.91. The van der Waals surface area contributed by atoms with Gasteiger partial charge in [-0.15, -0.1) is 0 Å². The van der Waals surface area contributed by atoms with Crippen molar-refractivity contribution in [3.05, 3.63) is 18.2 Å². The van der Waals surface area contributed by atoms with E-state index >= 15 is 0 Å². The van der Waals surface area contributed by atoms with Crippen LogP contribution in [0.4, 0.5) is 11.4 Å². The second-order valence-corrected chi connectivity index (χ2v) is 6.78. The Labute approximate surface area is 141 Å². The zero-order chi connectivity index (χ0) is 16.8. The Kier molecular flexibility index (Phi) is 6.54. The fourth-order valence-electron chi connectivity index (χ4n) is 3.28. The summed E-state index contributed by atoms with van der Waals surface area (Å²) in [6.45, 7) is 4.53. The summed E-state index contributed by atoms with van der Waals surface area (Å²) in [5, 5.41) is 0. The summed E-state index contributed by atoms with van der Waals surface area (Å²) in [6, 6.07) is 6.78. The molecule has 1 aliphatic heterocycles. The third-order valence-electron chi connectivity index (χ3n) is 4.79. The maximum atomic E-state index is 5.91. The first-order valence-electron chi connectivity index (χ1n) is 8.54. The number of anilines is 2. The van der Waals surface area contributed by atoms with E-state index in [2.05, 4.69) is 48.0 Å². The number of piperidine rings is 1. The summed E-state index contributed by atoms with van der Waals surface area (Å²) in [6.07, 6.45) is 3.66. The third-order valence-corrected chi connectivity index (χ3v) is 4.79. The van der Waals surface area contributed by atoms with E-state index in [-0.39, 0.29) is 0 Å². The van der Waals surface area contributed by atoms with Crippen molar-refractivity contribution in [2.24, 2.45) is 0 Å². The Balaban J connectivity index is 1.83. The first kappa shape index (κ1) is 17.9. The standard InChI is InChI=1S/C18H32N4O/c1-20(2)10-5-11-21(3)15-8-12-22(13-9-15)16-6-7-17(19)18(14-16)23-4/h6-7,14-15H,5,8-13,19H2,1-4H3. The molecule has 1 heterocycles. The van der Waals surface area contributed by atoms with Crippen molar-refractivity contribution in [3.8, 4) is 5.75 Å². The van der Waals surface area contributed by atoms with Gasteiger partial charge in [0.15, 0.2) is 0 Å². The topological polar surface area (TPSA) is 45.0 Å². The number of benzene rings is 1. The van der Waals surface area contributed by atoms with Gasteiger partial charge in [0.2, 0.25) is 0 Å². The van der Waals surface area contributed by atoms with Crippen LogP contribution in [0.1, 0.15) is 19.3 Å². The summed E-state index contributed by atoms with van der Waals surface area (Å²) in [7, 11) is 8.21. The molecular formula is C18H32N4O. The second kappa shape index (κ2) is 8.41. The molecule has 1 fully saturated rings. The number of nitrogen functional groups attached to an aromatic ring is 1. The number of nitrogens with two attached hydrogens (primary N) is 1. The molecule has 0 aromatic heterocycles. The molecule has 5 heteroatoms. The number of hydrogen-bond acceptors (Lipinski definition) is 5. The normalized spacial score (nSPS) is 16.3. The van der Waals surface area contributed by atoms with Crippen LogP contribution in [-0.2, 0) is 0 Å². The predicted molar refractivity (Wildman–Crippen MR) is 98.4 cm³/mol. The highest BCUT2D eigenvalue weighted by Gasteiger charge is 2.22. The SMILES string of the molecule is COc1cc(N2CCC(N(C)CCCN(C)C)CC2)ccc1N. The second-order valence-electron chi connectivity index (χ2n) is 6.78. The molecule has 0 unspecified atom stereocenters. The molecule has 1 aromatic rings. The minimum absolute atomic E-state index is 0.698. The van der Waals surface area contributed by atoms with Gasteiger partial charge in [-0.3, -0.25) is 0 Å². The van der Waals surface area contributed by atoms with Crippen molar-refractivity contribution < 1.29 is 4.74 Å². The van der Waals surface area contributed by atoms with Crippen LogP contribution in [0.25, 0.3) is 0 Å². The highest BCUT2D eigenvalue weighted by atomic mass is 16.5. The highest BCUT2D eigenvalue weighted by Crippen LogP contribution is 2.29. The molecule has 0 spiro atoms. The quantitative estimate of drug-likeness (QED) is 0.780. The zero-order valence-electron chi connectivity index (χ0n) is 15.1. The fourth-order valence-corrected chi connectivity index (χ4v) is 3.28. The van der Waals surface area contributed by atoms with Crippen LogP contribution < -0.4 is 15.4 Å². The van der Waals surface area contributed by atoms with Crippen molar-refractivity contribution in [1.29, 1.82) is 0 Å². The minimum Gasteiger partial charge on any atom is -0.495 e. The zero-order valence-corrected chi connectivity index (χ0v) is 15.1. The molecule has 0 saturated carbocycles. The lowest BCUT2D eigenvalue weighted by Gasteiger charge is -2.38. The lowest BCUT2D eigenvalue weighted by atomic mass is 10.0. The molecule has 5 nitrogen and oxygen atoms in total. The molecule has 0 radical (unpaired) electrons. The molecule has 130 valence electrons. The van der Waals surface area contributed by atoms with Gasteiger partial charge in [0.1, 0.15) is 5.75 Å². The van der Waals surface area contributed by atoms with Gasteiger partial charge in [-0.2, -0.15) is 0 Å². The van der Waals surface area contributed by atoms with Gasteiger partial charge in [0.25, 0.3) is 0 Å². The van der Waals surface area contributed by atoms with E-state index in [4.69, 9.17) is 10.5 Å². The smallest absolute Gasteiger partial charge is 0.143 e. The molecule has 1 saturated heterocycles. The number of nitrogens with zero attached hydrogens (tertiary/aromatic N) is 3. The van der Waals surface area contributed by atoms with Crippen LogP contribution in [0.5, 0.6) is 5.75 Å². The first-order valence-corrected chi connectivity index (χ1v) is 8.54. The van der Waals surface area contributed by atoms with Crippen LogP contribution in [0.3, 0.4) is 0 Å².